The highest BCUT2D eigenvalue weighted by Crippen LogP contribution is 2.22. The Labute approximate surface area is 78.3 Å². The molecule has 1 heterocycles. The number of hydrogen-bond donors (Lipinski definition) is 2. The van der Waals surface area contributed by atoms with E-state index in [1.807, 2.05) is 6.92 Å². The van der Waals surface area contributed by atoms with E-state index in [4.69, 9.17) is 9.84 Å². The third kappa shape index (κ3) is 3.58. The normalized spacial score (nSPS) is 24.2. The molecule has 1 rings (SSSR count). The lowest BCUT2D eigenvalue weighted by molar-refractivity contribution is -0.0872. The zero-order valence-electron chi connectivity index (χ0n) is 8.05. The predicted octanol–water partition coefficient (Wildman–Crippen LogP) is 0.475. The molecule has 0 aromatic heterocycles. The van der Waals surface area contributed by atoms with Crippen LogP contribution in [-0.4, -0.2) is 43.2 Å². The summed E-state index contributed by atoms with van der Waals surface area (Å²) in [4.78, 5) is 0. The van der Waals surface area contributed by atoms with Crippen LogP contribution in [0, 0.1) is 0 Å². The summed E-state index contributed by atoms with van der Waals surface area (Å²) in [7, 11) is 0. The van der Waals surface area contributed by atoms with Gasteiger partial charge in [-0.1, -0.05) is 0 Å². The van der Waals surface area contributed by atoms with Crippen LogP contribution in [-0.2, 0) is 4.74 Å². The van der Waals surface area contributed by atoms with Crippen LogP contribution in [0.2, 0.25) is 0 Å². The van der Waals surface area contributed by atoms with Gasteiger partial charge in [0.25, 0.3) is 0 Å². The minimum Gasteiger partial charge on any atom is -0.388 e. The van der Waals surface area contributed by atoms with Gasteiger partial charge in [-0.15, -0.1) is 0 Å². The van der Waals surface area contributed by atoms with E-state index in [1.165, 1.54) is 0 Å². The van der Waals surface area contributed by atoms with Gasteiger partial charge in [-0.3, -0.25) is 0 Å². The van der Waals surface area contributed by atoms with Crippen molar-refractivity contribution < 1.29 is 14.2 Å². The van der Waals surface area contributed by atoms with Gasteiger partial charge in [-0.2, -0.15) is 0 Å². The Hall–Kier alpha value is -0.190. The number of rotatable bonds is 4. The van der Waals surface area contributed by atoms with Gasteiger partial charge in [0, 0.05) is 0 Å². The minimum absolute atomic E-state index is 0.104. The smallest absolute Gasteiger partial charge is 0.118 e. The van der Waals surface area contributed by atoms with E-state index in [2.05, 4.69) is 5.32 Å². The first kappa shape index (κ1) is 10.9. The van der Waals surface area contributed by atoms with Gasteiger partial charge in [0.1, 0.15) is 12.8 Å². The highest BCUT2D eigenvalue weighted by atomic mass is 19.1. The second kappa shape index (κ2) is 4.88. The summed E-state index contributed by atoms with van der Waals surface area (Å²) in [5.74, 6) is 0. The molecule has 1 aliphatic rings. The molecule has 1 fully saturated rings. The summed E-state index contributed by atoms with van der Waals surface area (Å²) in [5.41, 5.74) is -0.179. The van der Waals surface area contributed by atoms with Crippen molar-refractivity contribution in [2.45, 2.75) is 31.5 Å². The zero-order chi connectivity index (χ0) is 9.73. The molecule has 4 heteroatoms. The SMILES string of the molecule is CC1(OCC(O)CF)CCNCC1. The van der Waals surface area contributed by atoms with Crippen LogP contribution in [0.3, 0.4) is 0 Å². The van der Waals surface area contributed by atoms with Crippen molar-refractivity contribution in [2.75, 3.05) is 26.4 Å². The van der Waals surface area contributed by atoms with Gasteiger partial charge in [0.15, 0.2) is 0 Å². The molecule has 3 nitrogen and oxygen atoms in total. The number of ether oxygens (including phenoxy) is 1. The maximum atomic E-state index is 11.9. The average molecular weight is 191 g/mol. The van der Waals surface area contributed by atoms with Gasteiger partial charge in [-0.25, -0.2) is 4.39 Å². The molecule has 0 spiro atoms. The molecule has 1 unspecified atom stereocenters. The molecule has 0 saturated carbocycles. The van der Waals surface area contributed by atoms with Crippen molar-refractivity contribution in [3.8, 4) is 0 Å². The highest BCUT2D eigenvalue weighted by Gasteiger charge is 2.27. The minimum atomic E-state index is -0.966. The molecule has 13 heavy (non-hydrogen) atoms. The molecule has 0 aromatic rings. The summed E-state index contributed by atoms with van der Waals surface area (Å²) in [5, 5.41) is 12.2. The summed E-state index contributed by atoms with van der Waals surface area (Å²) >= 11 is 0. The zero-order valence-corrected chi connectivity index (χ0v) is 8.05. The lowest BCUT2D eigenvalue weighted by Gasteiger charge is -2.34. The largest absolute Gasteiger partial charge is 0.388 e. The quantitative estimate of drug-likeness (QED) is 0.679. The molecule has 0 aliphatic carbocycles. The van der Waals surface area contributed by atoms with E-state index < -0.39 is 12.8 Å². The monoisotopic (exact) mass is 191 g/mol. The molecule has 0 radical (unpaired) electrons. The molecule has 1 aliphatic heterocycles. The molecule has 2 N–H and O–H groups in total. The standard InChI is InChI=1S/C9H18FNO2/c1-9(2-4-11-5-3-9)13-7-8(12)6-10/h8,11-12H,2-7H2,1H3. The first-order valence-corrected chi connectivity index (χ1v) is 4.75. The molecule has 0 amide bonds. The van der Waals surface area contributed by atoms with Crippen LogP contribution in [0.5, 0.6) is 0 Å². The third-order valence-electron chi connectivity index (χ3n) is 2.46. The van der Waals surface area contributed by atoms with Crippen LogP contribution in [0.25, 0.3) is 0 Å². The van der Waals surface area contributed by atoms with Crippen molar-refractivity contribution >= 4 is 0 Å². The van der Waals surface area contributed by atoms with E-state index in [0.29, 0.717) is 0 Å². The Balaban J connectivity index is 2.24. The summed E-state index contributed by atoms with van der Waals surface area (Å²) < 4.78 is 17.4. The number of piperidine rings is 1. The summed E-state index contributed by atoms with van der Waals surface area (Å²) in [6.45, 7) is 3.25. The van der Waals surface area contributed by atoms with E-state index in [0.717, 1.165) is 25.9 Å². The highest BCUT2D eigenvalue weighted by molar-refractivity contribution is 4.81. The van der Waals surface area contributed by atoms with Gasteiger partial charge < -0.3 is 15.2 Å². The van der Waals surface area contributed by atoms with Crippen molar-refractivity contribution in [2.24, 2.45) is 0 Å². The average Bonchev–Trinajstić information content (AvgIpc) is 2.15. The van der Waals surface area contributed by atoms with Gasteiger partial charge >= 0.3 is 0 Å². The van der Waals surface area contributed by atoms with E-state index >= 15 is 0 Å². The Morgan fingerprint density at radius 2 is 2.15 bits per heavy atom. The predicted molar refractivity (Wildman–Crippen MR) is 48.4 cm³/mol. The summed E-state index contributed by atoms with van der Waals surface area (Å²) in [6, 6.07) is 0. The van der Waals surface area contributed by atoms with Crippen molar-refractivity contribution in [3.05, 3.63) is 0 Å². The Morgan fingerprint density at radius 3 is 2.69 bits per heavy atom. The van der Waals surface area contributed by atoms with Crippen LogP contribution in [0.4, 0.5) is 4.39 Å². The maximum Gasteiger partial charge on any atom is 0.118 e. The fourth-order valence-corrected chi connectivity index (χ4v) is 1.44. The first-order valence-electron chi connectivity index (χ1n) is 4.75. The molecule has 0 aromatic carbocycles. The van der Waals surface area contributed by atoms with Crippen LogP contribution >= 0.6 is 0 Å². The molecule has 1 saturated heterocycles. The number of halogens is 1. The second-order valence-electron chi connectivity index (χ2n) is 3.82. The van der Waals surface area contributed by atoms with Crippen LogP contribution in [0.1, 0.15) is 19.8 Å². The number of aliphatic hydroxyl groups is 1. The third-order valence-corrected chi connectivity index (χ3v) is 2.46. The second-order valence-corrected chi connectivity index (χ2v) is 3.82. The maximum absolute atomic E-state index is 11.9. The van der Waals surface area contributed by atoms with Crippen molar-refractivity contribution in [3.63, 3.8) is 0 Å². The molecule has 78 valence electrons. The lowest BCUT2D eigenvalue weighted by atomic mass is 9.94. The molecular formula is C9H18FNO2. The Kier molecular flexibility index (Phi) is 4.09. The number of alkyl halides is 1. The van der Waals surface area contributed by atoms with Gasteiger partial charge in [0.05, 0.1) is 12.2 Å². The molecule has 1 atom stereocenters. The summed E-state index contributed by atoms with van der Waals surface area (Å²) in [6.07, 6.45) is 0.879. The van der Waals surface area contributed by atoms with E-state index in [1.54, 1.807) is 0 Å². The van der Waals surface area contributed by atoms with Crippen LogP contribution < -0.4 is 5.32 Å². The topological polar surface area (TPSA) is 41.5 Å². The van der Waals surface area contributed by atoms with Crippen molar-refractivity contribution in [1.29, 1.82) is 0 Å². The van der Waals surface area contributed by atoms with E-state index in [-0.39, 0.29) is 12.2 Å². The van der Waals surface area contributed by atoms with Gasteiger partial charge in [-0.05, 0) is 32.9 Å². The number of hydrogen-bond acceptors (Lipinski definition) is 3. The number of nitrogens with one attached hydrogen (secondary N) is 1. The van der Waals surface area contributed by atoms with E-state index in [9.17, 15) is 4.39 Å². The molecule has 0 bridgehead atoms. The Morgan fingerprint density at radius 1 is 1.54 bits per heavy atom. The van der Waals surface area contributed by atoms with Crippen LogP contribution in [0.15, 0.2) is 0 Å². The Bertz CT molecular complexity index is 149. The van der Waals surface area contributed by atoms with Crippen molar-refractivity contribution in [1.82, 2.24) is 5.32 Å². The lowest BCUT2D eigenvalue weighted by Crippen LogP contribution is -2.43. The number of aliphatic hydroxyl groups excluding tert-OH is 1. The first-order chi connectivity index (χ1) is 6.16. The molecular weight excluding hydrogens is 173 g/mol. The fourth-order valence-electron chi connectivity index (χ4n) is 1.44. The van der Waals surface area contributed by atoms with Gasteiger partial charge in [0.2, 0.25) is 0 Å². The fraction of sp³-hybridized carbons (Fsp3) is 1.00.